The molecule has 2 amide bonds. The summed E-state index contributed by atoms with van der Waals surface area (Å²) in [7, 11) is 0. The van der Waals surface area contributed by atoms with Crippen LogP contribution in [0.4, 0.5) is 11.4 Å². The molecule has 0 atom stereocenters. The van der Waals surface area contributed by atoms with Gasteiger partial charge in [-0.05, 0) is 141 Å². The lowest BCUT2D eigenvalue weighted by atomic mass is 10.00. The van der Waals surface area contributed by atoms with Gasteiger partial charge < -0.3 is 29.7 Å². The van der Waals surface area contributed by atoms with E-state index in [9.17, 15) is 14.4 Å². The Morgan fingerprint density at radius 3 is 1.63 bits per heavy atom. The second kappa shape index (κ2) is 14.1. The van der Waals surface area contributed by atoms with Gasteiger partial charge in [-0.15, -0.1) is 0 Å². The van der Waals surface area contributed by atoms with E-state index < -0.39 is 5.60 Å². The number of nitrogens with one attached hydrogen (secondary N) is 1. The highest BCUT2D eigenvalue weighted by Crippen LogP contribution is 2.29. The van der Waals surface area contributed by atoms with E-state index in [0.29, 0.717) is 34.5 Å². The molecule has 6 rings (SSSR count). The van der Waals surface area contributed by atoms with Gasteiger partial charge in [0.15, 0.2) is 0 Å². The van der Waals surface area contributed by atoms with Crippen molar-refractivity contribution in [3.63, 3.8) is 0 Å². The zero-order chi connectivity index (χ0) is 32.3. The Kier molecular flexibility index (Phi) is 9.99. The van der Waals surface area contributed by atoms with Crippen molar-refractivity contribution in [2.24, 2.45) is 0 Å². The molecule has 46 heavy (non-hydrogen) atoms. The number of nitrogens with zero attached hydrogens (tertiary/aromatic N) is 4. The molecule has 0 radical (unpaired) electrons. The second-order valence-electron chi connectivity index (χ2n) is 14.5. The number of amides is 2. The number of carbonyl (C=O) groups excluding carboxylic acids is 3. The van der Waals surface area contributed by atoms with Crippen molar-refractivity contribution in [1.29, 1.82) is 0 Å². The molecular weight excluding hydrogens is 578 g/mol. The molecule has 9 heteroatoms. The number of benzene rings is 2. The van der Waals surface area contributed by atoms with Crippen LogP contribution in [0.2, 0.25) is 0 Å². The maximum Gasteiger partial charge on any atom is 0.338 e. The summed E-state index contributed by atoms with van der Waals surface area (Å²) in [6.45, 7) is 13.2. The first-order chi connectivity index (χ1) is 22.1. The normalized spacial score (nSPS) is 20.7. The highest BCUT2D eigenvalue weighted by molar-refractivity contribution is 6.03. The number of hydrogen-bond donors (Lipinski definition) is 1. The Morgan fingerprint density at radius 1 is 0.652 bits per heavy atom. The quantitative estimate of drug-likeness (QED) is 0.389. The van der Waals surface area contributed by atoms with Crippen molar-refractivity contribution in [2.75, 3.05) is 57.7 Å². The van der Waals surface area contributed by atoms with E-state index in [1.165, 1.54) is 51.9 Å². The van der Waals surface area contributed by atoms with Gasteiger partial charge >= 0.3 is 5.97 Å². The van der Waals surface area contributed by atoms with Gasteiger partial charge in [0, 0.05) is 49.5 Å². The molecule has 2 aromatic rings. The van der Waals surface area contributed by atoms with Crippen LogP contribution in [0, 0.1) is 0 Å². The maximum atomic E-state index is 14.0. The fourth-order valence-corrected chi connectivity index (χ4v) is 7.58. The Bertz CT molecular complexity index is 1380. The third-order valence-electron chi connectivity index (χ3n) is 10.1. The number of carbonyl (C=O) groups is 3. The first kappa shape index (κ1) is 32.5. The van der Waals surface area contributed by atoms with Gasteiger partial charge in [-0.1, -0.05) is 0 Å². The highest BCUT2D eigenvalue weighted by atomic mass is 16.6. The SMILES string of the molecule is CC(C)(C)OC(=O)c1ccc(Nc2cc(C(=O)N3CCC(N4CCCC4)CC3)ccc2C(=O)N2CCC(N3CCCC3)CC2)cc1. The summed E-state index contributed by atoms with van der Waals surface area (Å²) in [6.07, 6.45) is 9.09. The number of hydrogen-bond acceptors (Lipinski definition) is 7. The molecular formula is C37H51N5O4. The van der Waals surface area contributed by atoms with Gasteiger partial charge in [0.05, 0.1) is 16.8 Å². The molecule has 4 saturated heterocycles. The largest absolute Gasteiger partial charge is 0.456 e. The third-order valence-corrected chi connectivity index (χ3v) is 10.1. The fourth-order valence-electron chi connectivity index (χ4n) is 7.58. The molecule has 4 aliphatic heterocycles. The number of rotatable bonds is 7. The predicted octanol–water partition coefficient (Wildman–Crippen LogP) is 5.79. The van der Waals surface area contributed by atoms with Crippen LogP contribution in [0.1, 0.15) is 103 Å². The Labute approximate surface area is 274 Å². The minimum atomic E-state index is -0.581. The molecule has 1 N–H and O–H groups in total. The topological polar surface area (TPSA) is 85.4 Å². The Balaban J connectivity index is 1.19. The van der Waals surface area contributed by atoms with Crippen molar-refractivity contribution in [2.45, 2.75) is 89.8 Å². The van der Waals surface area contributed by atoms with Gasteiger partial charge in [-0.3, -0.25) is 9.59 Å². The molecule has 4 aliphatic rings. The molecule has 0 bridgehead atoms. The molecule has 4 fully saturated rings. The first-order valence-corrected chi connectivity index (χ1v) is 17.5. The van der Waals surface area contributed by atoms with E-state index in [0.717, 1.165) is 57.5 Å². The van der Waals surface area contributed by atoms with Crippen molar-refractivity contribution < 1.29 is 19.1 Å². The van der Waals surface area contributed by atoms with Crippen LogP contribution in [0.25, 0.3) is 0 Å². The third kappa shape index (κ3) is 7.74. The zero-order valence-electron chi connectivity index (χ0n) is 27.9. The predicted molar refractivity (Wildman–Crippen MR) is 181 cm³/mol. The minimum Gasteiger partial charge on any atom is -0.456 e. The van der Waals surface area contributed by atoms with E-state index >= 15 is 0 Å². The number of ether oxygens (including phenoxy) is 1. The van der Waals surface area contributed by atoms with E-state index in [1.807, 2.05) is 60.9 Å². The lowest BCUT2D eigenvalue weighted by molar-refractivity contribution is 0.00692. The van der Waals surface area contributed by atoms with E-state index in [2.05, 4.69) is 15.1 Å². The minimum absolute atomic E-state index is 0.00798. The number of piperidine rings is 2. The molecule has 0 saturated carbocycles. The van der Waals surface area contributed by atoms with Crippen LogP contribution in [-0.4, -0.2) is 107 Å². The summed E-state index contributed by atoms with van der Waals surface area (Å²) in [6, 6.07) is 13.7. The molecule has 0 aromatic heterocycles. The Morgan fingerprint density at radius 2 is 1.13 bits per heavy atom. The monoisotopic (exact) mass is 629 g/mol. The van der Waals surface area contributed by atoms with Gasteiger partial charge in [-0.25, -0.2) is 4.79 Å². The maximum absolute atomic E-state index is 14.0. The average molecular weight is 630 g/mol. The van der Waals surface area contributed by atoms with Crippen LogP contribution >= 0.6 is 0 Å². The summed E-state index contributed by atoms with van der Waals surface area (Å²) < 4.78 is 5.52. The van der Waals surface area contributed by atoms with Gasteiger partial charge in [-0.2, -0.15) is 0 Å². The van der Waals surface area contributed by atoms with Crippen LogP contribution in [-0.2, 0) is 4.74 Å². The molecule has 2 aromatic carbocycles. The summed E-state index contributed by atoms with van der Waals surface area (Å²) in [5.41, 5.74) is 2.35. The van der Waals surface area contributed by atoms with Crippen molar-refractivity contribution >= 4 is 29.2 Å². The molecule has 0 aliphatic carbocycles. The number of anilines is 2. The molecule has 4 heterocycles. The summed E-state index contributed by atoms with van der Waals surface area (Å²) in [4.78, 5) is 49.4. The Hall–Kier alpha value is -3.43. The standard InChI is InChI=1S/C37H51N5O4/c1-37(2,3)46-36(45)27-8-11-29(12-9-27)38-33-26-28(34(43)41-22-14-30(15-23-41)39-18-4-5-19-39)10-13-32(33)35(44)42-24-16-31(17-25-42)40-20-6-7-21-40/h8-13,26,30-31,38H,4-7,14-25H2,1-3H3. The summed E-state index contributed by atoms with van der Waals surface area (Å²) in [5, 5.41) is 3.42. The zero-order valence-corrected chi connectivity index (χ0v) is 27.9. The molecule has 9 nitrogen and oxygen atoms in total. The van der Waals surface area contributed by atoms with Crippen molar-refractivity contribution in [3.8, 4) is 0 Å². The van der Waals surface area contributed by atoms with Gasteiger partial charge in [0.25, 0.3) is 11.8 Å². The summed E-state index contributed by atoms with van der Waals surface area (Å²) >= 11 is 0. The van der Waals surface area contributed by atoms with Gasteiger partial charge in [0.1, 0.15) is 5.60 Å². The van der Waals surface area contributed by atoms with Crippen LogP contribution in [0.3, 0.4) is 0 Å². The van der Waals surface area contributed by atoms with E-state index in [4.69, 9.17) is 4.74 Å². The first-order valence-electron chi connectivity index (χ1n) is 17.5. The van der Waals surface area contributed by atoms with Crippen LogP contribution in [0.15, 0.2) is 42.5 Å². The highest BCUT2D eigenvalue weighted by Gasteiger charge is 2.31. The van der Waals surface area contributed by atoms with Crippen molar-refractivity contribution in [3.05, 3.63) is 59.2 Å². The van der Waals surface area contributed by atoms with Crippen LogP contribution < -0.4 is 5.32 Å². The lowest BCUT2D eigenvalue weighted by Gasteiger charge is -2.37. The lowest BCUT2D eigenvalue weighted by Crippen LogP contribution is -2.46. The van der Waals surface area contributed by atoms with Crippen molar-refractivity contribution in [1.82, 2.24) is 19.6 Å². The van der Waals surface area contributed by atoms with Gasteiger partial charge in [0.2, 0.25) is 0 Å². The smallest absolute Gasteiger partial charge is 0.338 e. The summed E-state index contributed by atoms with van der Waals surface area (Å²) in [5.74, 6) is -0.389. The molecule has 248 valence electrons. The molecule has 0 unspecified atom stereocenters. The fraction of sp³-hybridized carbons (Fsp3) is 0.595. The number of esters is 1. The van der Waals surface area contributed by atoms with E-state index in [-0.39, 0.29) is 17.8 Å². The van der Waals surface area contributed by atoms with E-state index in [1.54, 1.807) is 12.1 Å². The molecule has 0 spiro atoms. The number of likely N-dealkylation sites (tertiary alicyclic amines) is 4. The van der Waals surface area contributed by atoms with Crippen LogP contribution in [0.5, 0.6) is 0 Å². The second-order valence-corrected chi connectivity index (χ2v) is 14.5. The average Bonchev–Trinajstić information content (AvgIpc) is 3.80.